The highest BCUT2D eigenvalue weighted by atomic mass is 16.6. The number of ketones is 1. The first-order valence-electron chi connectivity index (χ1n) is 7.29. The molecule has 23 heavy (non-hydrogen) atoms. The van der Waals surface area contributed by atoms with Gasteiger partial charge in [0.2, 0.25) is 5.95 Å². The van der Waals surface area contributed by atoms with Gasteiger partial charge in [-0.15, -0.1) is 0 Å². The summed E-state index contributed by atoms with van der Waals surface area (Å²) in [6.45, 7) is 0. The van der Waals surface area contributed by atoms with Gasteiger partial charge in [-0.1, -0.05) is 18.2 Å². The number of nitrogens with zero attached hydrogens (tertiary/aromatic N) is 4. The first-order valence-corrected chi connectivity index (χ1v) is 7.29. The van der Waals surface area contributed by atoms with E-state index in [0.29, 0.717) is 24.4 Å². The fourth-order valence-electron chi connectivity index (χ4n) is 3.27. The lowest BCUT2D eigenvalue weighted by Gasteiger charge is -2.36. The normalized spacial score (nSPS) is 22.6. The summed E-state index contributed by atoms with van der Waals surface area (Å²) in [7, 11) is 0. The van der Waals surface area contributed by atoms with Crippen molar-refractivity contribution < 1.29 is 9.72 Å². The first-order chi connectivity index (χ1) is 11.1. The number of nitrogens with one attached hydrogen (secondary N) is 1. The van der Waals surface area contributed by atoms with Gasteiger partial charge in [0.1, 0.15) is 12.1 Å². The maximum atomic E-state index is 12.5. The number of allylic oxidation sites excluding steroid dienone is 2. The van der Waals surface area contributed by atoms with Gasteiger partial charge in [-0.25, -0.2) is 4.68 Å². The second-order valence-electron chi connectivity index (χ2n) is 5.59. The van der Waals surface area contributed by atoms with Crippen LogP contribution in [0.25, 0.3) is 0 Å². The molecule has 8 heteroatoms. The number of fused-ring (bicyclic) bond motifs is 2. The molecule has 4 rings (SSSR count). The molecule has 2 aliphatic rings. The number of carbonyl (C=O) groups is 1. The second-order valence-corrected chi connectivity index (χ2v) is 5.59. The van der Waals surface area contributed by atoms with Gasteiger partial charge in [0, 0.05) is 24.3 Å². The molecule has 0 saturated heterocycles. The summed E-state index contributed by atoms with van der Waals surface area (Å²) < 4.78 is 1.63. The second kappa shape index (κ2) is 5.01. The smallest absolute Gasteiger partial charge is 0.269 e. The summed E-state index contributed by atoms with van der Waals surface area (Å²) >= 11 is 0. The Morgan fingerprint density at radius 1 is 1.39 bits per heavy atom. The molecule has 0 amide bonds. The summed E-state index contributed by atoms with van der Waals surface area (Å²) in [5.74, 6) is 0.228. The predicted molar refractivity (Wildman–Crippen MR) is 80.7 cm³/mol. The Morgan fingerprint density at radius 2 is 2.26 bits per heavy atom. The molecule has 1 N–H and O–H groups in total. The van der Waals surface area contributed by atoms with E-state index in [1.165, 1.54) is 18.5 Å². The minimum atomic E-state index is -0.438. The van der Waals surface area contributed by atoms with Crippen LogP contribution in [0.2, 0.25) is 0 Å². The van der Waals surface area contributed by atoms with Crippen LogP contribution in [0.5, 0.6) is 0 Å². The molecule has 2 atom stereocenters. The van der Waals surface area contributed by atoms with Crippen molar-refractivity contribution in [2.24, 2.45) is 5.92 Å². The van der Waals surface area contributed by atoms with Gasteiger partial charge in [0.15, 0.2) is 0 Å². The molecular weight excluding hydrogens is 298 g/mol. The quantitative estimate of drug-likeness (QED) is 0.672. The lowest BCUT2D eigenvalue weighted by atomic mass is 9.81. The van der Waals surface area contributed by atoms with Crippen LogP contribution in [0.4, 0.5) is 11.6 Å². The third kappa shape index (κ3) is 2.10. The first kappa shape index (κ1) is 13.6. The molecule has 1 aliphatic carbocycles. The van der Waals surface area contributed by atoms with Crippen LogP contribution >= 0.6 is 0 Å². The van der Waals surface area contributed by atoms with Gasteiger partial charge in [0.05, 0.1) is 16.9 Å². The summed E-state index contributed by atoms with van der Waals surface area (Å²) in [6.07, 6.45) is 4.56. The SMILES string of the molecule is O=C1CCC=C2Nc3ncnn3C(c3cccc([N+](=O)[O-])c3)C12. The number of hydrogen-bond acceptors (Lipinski definition) is 6. The number of Topliss-reactive ketones (excluding diaryl/α,β-unsaturated/α-hetero) is 1. The minimum Gasteiger partial charge on any atom is -0.328 e. The van der Waals surface area contributed by atoms with Crippen molar-refractivity contribution in [3.05, 3.63) is 58.0 Å². The average molecular weight is 311 g/mol. The van der Waals surface area contributed by atoms with Gasteiger partial charge in [-0.05, 0) is 12.0 Å². The van der Waals surface area contributed by atoms with E-state index in [9.17, 15) is 14.9 Å². The molecule has 116 valence electrons. The summed E-state index contributed by atoms with van der Waals surface area (Å²) in [4.78, 5) is 27.3. The molecule has 8 nitrogen and oxygen atoms in total. The number of hydrogen-bond donors (Lipinski definition) is 1. The van der Waals surface area contributed by atoms with E-state index in [1.807, 2.05) is 6.08 Å². The van der Waals surface area contributed by atoms with Crippen molar-refractivity contribution in [1.29, 1.82) is 0 Å². The maximum absolute atomic E-state index is 12.5. The Labute approximate surface area is 131 Å². The number of nitro groups is 1. The van der Waals surface area contributed by atoms with Crippen LogP contribution in [0, 0.1) is 16.0 Å². The molecule has 0 saturated carbocycles. The summed E-state index contributed by atoms with van der Waals surface area (Å²) in [6, 6.07) is 5.93. The van der Waals surface area contributed by atoms with Crippen molar-refractivity contribution in [3.8, 4) is 0 Å². The number of rotatable bonds is 2. The van der Waals surface area contributed by atoms with Crippen molar-refractivity contribution >= 4 is 17.4 Å². The van der Waals surface area contributed by atoms with Crippen molar-refractivity contribution in [2.75, 3.05) is 5.32 Å². The van der Waals surface area contributed by atoms with Crippen LogP contribution in [-0.4, -0.2) is 25.5 Å². The van der Waals surface area contributed by atoms with E-state index >= 15 is 0 Å². The van der Waals surface area contributed by atoms with Gasteiger partial charge >= 0.3 is 0 Å². The number of aromatic nitrogens is 3. The maximum Gasteiger partial charge on any atom is 0.269 e. The zero-order chi connectivity index (χ0) is 16.0. The van der Waals surface area contributed by atoms with Gasteiger partial charge in [0.25, 0.3) is 5.69 Å². The lowest BCUT2D eigenvalue weighted by Crippen LogP contribution is -2.38. The van der Waals surface area contributed by atoms with Gasteiger partial charge in [-0.3, -0.25) is 14.9 Å². The molecule has 0 spiro atoms. The van der Waals surface area contributed by atoms with E-state index in [-0.39, 0.29) is 11.5 Å². The summed E-state index contributed by atoms with van der Waals surface area (Å²) in [5, 5.41) is 18.4. The van der Waals surface area contributed by atoms with E-state index < -0.39 is 16.9 Å². The number of non-ortho nitro benzene ring substituents is 1. The molecule has 2 aromatic rings. The number of carbonyl (C=O) groups excluding carboxylic acids is 1. The fraction of sp³-hybridized carbons (Fsp3) is 0.267. The van der Waals surface area contributed by atoms with E-state index in [2.05, 4.69) is 15.4 Å². The van der Waals surface area contributed by atoms with Crippen LogP contribution < -0.4 is 5.32 Å². The number of benzene rings is 1. The Morgan fingerprint density at radius 3 is 3.09 bits per heavy atom. The third-order valence-electron chi connectivity index (χ3n) is 4.27. The van der Waals surface area contributed by atoms with Crippen LogP contribution in [0.1, 0.15) is 24.4 Å². The van der Waals surface area contributed by atoms with E-state index in [0.717, 1.165) is 5.70 Å². The Kier molecular flexibility index (Phi) is 2.97. The zero-order valence-electron chi connectivity index (χ0n) is 12.0. The van der Waals surface area contributed by atoms with Crippen molar-refractivity contribution in [3.63, 3.8) is 0 Å². The van der Waals surface area contributed by atoms with Crippen LogP contribution in [0.15, 0.2) is 42.4 Å². The van der Waals surface area contributed by atoms with Crippen molar-refractivity contribution in [1.82, 2.24) is 14.8 Å². The highest BCUT2D eigenvalue weighted by molar-refractivity contribution is 5.87. The number of nitro benzene ring substituents is 1. The zero-order valence-corrected chi connectivity index (χ0v) is 12.0. The molecule has 0 radical (unpaired) electrons. The van der Waals surface area contributed by atoms with E-state index in [1.54, 1.807) is 16.8 Å². The molecule has 1 aromatic heterocycles. The molecule has 2 unspecified atom stereocenters. The molecule has 0 fully saturated rings. The standard InChI is InChI=1S/C15H13N5O3/c21-12-6-2-5-11-13(12)14(19-15(18-11)16-8-17-19)9-3-1-4-10(7-9)20(22)23/h1,3-5,7-8,13-14H,2,6H2,(H,16,17,18). The topological polar surface area (TPSA) is 103 Å². The van der Waals surface area contributed by atoms with Crippen LogP contribution in [-0.2, 0) is 4.79 Å². The Hall–Kier alpha value is -3.03. The molecule has 0 bridgehead atoms. The van der Waals surface area contributed by atoms with Gasteiger partial charge < -0.3 is 5.32 Å². The lowest BCUT2D eigenvalue weighted by molar-refractivity contribution is -0.384. The molecule has 1 aromatic carbocycles. The minimum absolute atomic E-state index is 0.00325. The Balaban J connectivity index is 1.89. The fourth-order valence-corrected chi connectivity index (χ4v) is 3.27. The van der Waals surface area contributed by atoms with Crippen LogP contribution in [0.3, 0.4) is 0 Å². The largest absolute Gasteiger partial charge is 0.328 e. The van der Waals surface area contributed by atoms with Gasteiger partial charge in [-0.2, -0.15) is 10.1 Å². The number of anilines is 1. The molecule has 2 heterocycles. The average Bonchev–Trinajstić information content (AvgIpc) is 3.01. The van der Waals surface area contributed by atoms with Crippen molar-refractivity contribution in [2.45, 2.75) is 18.9 Å². The Bertz CT molecular complexity index is 841. The highest BCUT2D eigenvalue weighted by Gasteiger charge is 2.41. The summed E-state index contributed by atoms with van der Waals surface area (Å²) in [5.41, 5.74) is 1.48. The molecular formula is C15H13N5O3. The molecule has 1 aliphatic heterocycles. The third-order valence-corrected chi connectivity index (χ3v) is 4.27. The predicted octanol–water partition coefficient (Wildman–Crippen LogP) is 2.06. The monoisotopic (exact) mass is 311 g/mol. The highest BCUT2D eigenvalue weighted by Crippen LogP contribution is 2.41. The van der Waals surface area contributed by atoms with E-state index in [4.69, 9.17) is 0 Å².